The van der Waals surface area contributed by atoms with Crippen LogP contribution in [0.25, 0.3) is 0 Å². The summed E-state index contributed by atoms with van der Waals surface area (Å²) in [6, 6.07) is 5.83. The van der Waals surface area contributed by atoms with Gasteiger partial charge < -0.3 is 19.3 Å². The zero-order chi connectivity index (χ0) is 14.2. The van der Waals surface area contributed by atoms with Crippen LogP contribution in [0.1, 0.15) is 11.4 Å². The van der Waals surface area contributed by atoms with E-state index >= 15 is 0 Å². The standard InChI is InChI=1S/C13H16BrN3O3/c1-18-5-4-15-7-10-6-11(2-3-12(10)14)19-8-13-16-9-20-17-13/h2-3,6,9,15H,4-5,7-8H2,1H3. The molecule has 1 N–H and O–H groups in total. The van der Waals surface area contributed by atoms with Crippen molar-refractivity contribution in [2.45, 2.75) is 13.2 Å². The molecule has 0 saturated carbocycles. The Labute approximate surface area is 125 Å². The Bertz CT molecular complexity index is 520. The first-order valence-electron chi connectivity index (χ1n) is 6.15. The van der Waals surface area contributed by atoms with Crippen LogP contribution in [0.2, 0.25) is 0 Å². The summed E-state index contributed by atoms with van der Waals surface area (Å²) in [6.45, 7) is 2.51. The van der Waals surface area contributed by atoms with Crippen LogP contribution in [0, 0.1) is 0 Å². The molecule has 1 heterocycles. The molecule has 0 bridgehead atoms. The van der Waals surface area contributed by atoms with Crippen molar-refractivity contribution in [3.63, 3.8) is 0 Å². The fourth-order valence-corrected chi connectivity index (χ4v) is 1.96. The minimum atomic E-state index is 0.286. The molecule has 1 aromatic carbocycles. The molecule has 7 heteroatoms. The van der Waals surface area contributed by atoms with Crippen molar-refractivity contribution in [2.24, 2.45) is 0 Å². The Morgan fingerprint density at radius 2 is 2.30 bits per heavy atom. The first-order chi connectivity index (χ1) is 9.79. The molecule has 0 aliphatic carbocycles. The van der Waals surface area contributed by atoms with Crippen LogP contribution in [0.15, 0.2) is 33.6 Å². The average molecular weight is 342 g/mol. The second-order valence-electron chi connectivity index (χ2n) is 4.06. The van der Waals surface area contributed by atoms with E-state index in [2.05, 4.69) is 35.9 Å². The molecule has 20 heavy (non-hydrogen) atoms. The van der Waals surface area contributed by atoms with Crippen molar-refractivity contribution in [1.29, 1.82) is 0 Å². The van der Waals surface area contributed by atoms with Gasteiger partial charge in [-0.25, -0.2) is 0 Å². The quantitative estimate of drug-likeness (QED) is 0.742. The lowest BCUT2D eigenvalue weighted by Gasteiger charge is -2.09. The fraction of sp³-hybridized carbons (Fsp3) is 0.385. The number of benzene rings is 1. The highest BCUT2D eigenvalue weighted by Gasteiger charge is 2.04. The fourth-order valence-electron chi connectivity index (χ4n) is 1.58. The van der Waals surface area contributed by atoms with Crippen molar-refractivity contribution in [3.05, 3.63) is 40.5 Å². The molecule has 0 atom stereocenters. The van der Waals surface area contributed by atoms with Gasteiger partial charge in [-0.2, -0.15) is 4.98 Å². The summed E-state index contributed by atoms with van der Waals surface area (Å²) in [7, 11) is 1.68. The Kier molecular flexibility index (Phi) is 5.97. The first kappa shape index (κ1) is 15.0. The second-order valence-corrected chi connectivity index (χ2v) is 4.91. The van der Waals surface area contributed by atoms with Gasteiger partial charge in [0.25, 0.3) is 0 Å². The maximum atomic E-state index is 5.62. The van der Waals surface area contributed by atoms with Crippen LogP contribution in [0.3, 0.4) is 0 Å². The first-order valence-corrected chi connectivity index (χ1v) is 6.95. The number of hydrogen-bond acceptors (Lipinski definition) is 6. The minimum absolute atomic E-state index is 0.286. The van der Waals surface area contributed by atoms with Crippen molar-refractivity contribution in [3.8, 4) is 5.75 Å². The molecule has 0 fully saturated rings. The molecule has 0 aliphatic heterocycles. The maximum absolute atomic E-state index is 5.62. The smallest absolute Gasteiger partial charge is 0.213 e. The van der Waals surface area contributed by atoms with Crippen molar-refractivity contribution in [1.82, 2.24) is 15.5 Å². The minimum Gasteiger partial charge on any atom is -0.485 e. The van der Waals surface area contributed by atoms with Gasteiger partial charge in [0.1, 0.15) is 5.75 Å². The summed E-state index contributed by atoms with van der Waals surface area (Å²) in [6.07, 6.45) is 1.28. The van der Waals surface area contributed by atoms with Gasteiger partial charge in [-0.15, -0.1) is 0 Å². The highest BCUT2D eigenvalue weighted by atomic mass is 79.9. The lowest BCUT2D eigenvalue weighted by Crippen LogP contribution is -2.18. The van der Waals surface area contributed by atoms with Gasteiger partial charge in [-0.05, 0) is 23.8 Å². The predicted molar refractivity (Wildman–Crippen MR) is 76.4 cm³/mol. The number of nitrogens with one attached hydrogen (secondary N) is 1. The summed E-state index contributed by atoms with van der Waals surface area (Å²) in [4.78, 5) is 3.90. The highest BCUT2D eigenvalue weighted by molar-refractivity contribution is 9.10. The largest absolute Gasteiger partial charge is 0.485 e. The van der Waals surface area contributed by atoms with E-state index in [4.69, 9.17) is 9.47 Å². The lowest BCUT2D eigenvalue weighted by atomic mass is 10.2. The van der Waals surface area contributed by atoms with Gasteiger partial charge in [-0.1, -0.05) is 21.1 Å². The summed E-state index contributed by atoms with van der Waals surface area (Å²) >= 11 is 3.52. The van der Waals surface area contributed by atoms with Crippen LogP contribution < -0.4 is 10.1 Å². The Balaban J connectivity index is 1.90. The SMILES string of the molecule is COCCNCc1cc(OCc2ncon2)ccc1Br. The molecule has 0 saturated heterocycles. The zero-order valence-electron chi connectivity index (χ0n) is 11.1. The molecule has 0 aliphatic rings. The van der Waals surface area contributed by atoms with Crippen LogP contribution >= 0.6 is 15.9 Å². The molecular weight excluding hydrogens is 326 g/mol. The molecule has 1 aromatic heterocycles. The van der Waals surface area contributed by atoms with Crippen LogP contribution in [0.4, 0.5) is 0 Å². The molecule has 2 rings (SSSR count). The third-order valence-electron chi connectivity index (χ3n) is 2.59. The molecule has 0 unspecified atom stereocenters. The number of ether oxygens (including phenoxy) is 2. The lowest BCUT2D eigenvalue weighted by molar-refractivity contribution is 0.199. The van der Waals surface area contributed by atoms with Gasteiger partial charge >= 0.3 is 0 Å². The van der Waals surface area contributed by atoms with E-state index in [-0.39, 0.29) is 6.61 Å². The van der Waals surface area contributed by atoms with Gasteiger partial charge in [0.15, 0.2) is 6.61 Å². The molecule has 0 radical (unpaired) electrons. The van der Waals surface area contributed by atoms with E-state index in [9.17, 15) is 0 Å². The van der Waals surface area contributed by atoms with E-state index in [0.29, 0.717) is 12.4 Å². The molecule has 0 spiro atoms. The molecule has 0 amide bonds. The van der Waals surface area contributed by atoms with E-state index in [1.54, 1.807) is 7.11 Å². The molecule has 2 aromatic rings. The third-order valence-corrected chi connectivity index (χ3v) is 3.36. The summed E-state index contributed by atoms with van der Waals surface area (Å²) in [5, 5.41) is 6.98. The van der Waals surface area contributed by atoms with E-state index < -0.39 is 0 Å². The number of aromatic nitrogens is 2. The van der Waals surface area contributed by atoms with Gasteiger partial charge in [0.2, 0.25) is 12.2 Å². The Hall–Kier alpha value is -1.44. The Morgan fingerprint density at radius 3 is 3.05 bits per heavy atom. The van der Waals surface area contributed by atoms with E-state index in [1.165, 1.54) is 6.39 Å². The number of nitrogens with zero attached hydrogens (tertiary/aromatic N) is 2. The second kappa shape index (κ2) is 7.98. The van der Waals surface area contributed by atoms with Gasteiger partial charge in [-0.3, -0.25) is 0 Å². The monoisotopic (exact) mass is 341 g/mol. The van der Waals surface area contributed by atoms with Gasteiger partial charge in [0.05, 0.1) is 6.61 Å². The van der Waals surface area contributed by atoms with E-state index in [0.717, 1.165) is 28.9 Å². The summed E-state index contributed by atoms with van der Waals surface area (Å²) in [5.41, 5.74) is 1.12. The number of rotatable bonds is 8. The Morgan fingerprint density at radius 1 is 1.40 bits per heavy atom. The predicted octanol–water partition coefficient (Wildman–Crippen LogP) is 2.15. The highest BCUT2D eigenvalue weighted by Crippen LogP contribution is 2.23. The third kappa shape index (κ3) is 4.59. The molecular formula is C13H16BrN3O3. The maximum Gasteiger partial charge on any atom is 0.213 e. The average Bonchev–Trinajstić information content (AvgIpc) is 2.97. The zero-order valence-corrected chi connectivity index (χ0v) is 12.7. The number of hydrogen-bond donors (Lipinski definition) is 1. The van der Waals surface area contributed by atoms with E-state index in [1.807, 2.05) is 18.2 Å². The number of methoxy groups -OCH3 is 1. The summed E-state index contributed by atoms with van der Waals surface area (Å²) < 4.78 is 16.3. The van der Waals surface area contributed by atoms with Gasteiger partial charge in [0, 0.05) is 24.7 Å². The van der Waals surface area contributed by atoms with Crippen molar-refractivity contribution in [2.75, 3.05) is 20.3 Å². The van der Waals surface area contributed by atoms with Crippen molar-refractivity contribution >= 4 is 15.9 Å². The number of halogens is 1. The molecule has 108 valence electrons. The van der Waals surface area contributed by atoms with Crippen molar-refractivity contribution < 1.29 is 14.0 Å². The van der Waals surface area contributed by atoms with Crippen LogP contribution in [0.5, 0.6) is 5.75 Å². The topological polar surface area (TPSA) is 69.4 Å². The van der Waals surface area contributed by atoms with Crippen LogP contribution in [-0.2, 0) is 17.9 Å². The van der Waals surface area contributed by atoms with Crippen LogP contribution in [-0.4, -0.2) is 30.4 Å². The summed E-state index contributed by atoms with van der Waals surface area (Å²) in [5.74, 6) is 1.29. The normalized spacial score (nSPS) is 10.7. The molecule has 6 nitrogen and oxygen atoms in total.